The summed E-state index contributed by atoms with van der Waals surface area (Å²) < 4.78 is 5.25. The first-order valence-electron chi connectivity index (χ1n) is 6.89. The maximum atomic E-state index is 5.25. The van der Waals surface area contributed by atoms with Crippen molar-refractivity contribution in [2.45, 2.75) is 26.2 Å². The van der Waals surface area contributed by atoms with Crippen molar-refractivity contribution in [2.75, 3.05) is 26.7 Å². The van der Waals surface area contributed by atoms with Crippen LogP contribution in [0.5, 0.6) is 5.75 Å². The summed E-state index contributed by atoms with van der Waals surface area (Å²) in [6, 6.07) is 8.37. The van der Waals surface area contributed by atoms with Crippen molar-refractivity contribution < 1.29 is 4.74 Å². The van der Waals surface area contributed by atoms with Crippen molar-refractivity contribution in [3.63, 3.8) is 0 Å². The molecule has 1 aliphatic rings. The lowest BCUT2D eigenvalue weighted by molar-refractivity contribution is 0.219. The minimum Gasteiger partial charge on any atom is -0.497 e. The Kier molecular flexibility index (Phi) is 5.02. The van der Waals surface area contributed by atoms with Gasteiger partial charge in [0.1, 0.15) is 5.75 Å². The molecule has 1 saturated heterocycles. The highest BCUT2D eigenvalue weighted by atomic mass is 16.5. The number of methoxy groups -OCH3 is 1. The number of hydrogen-bond donors (Lipinski definition) is 1. The average molecular weight is 248 g/mol. The molecule has 3 nitrogen and oxygen atoms in total. The molecule has 0 bridgehead atoms. The fourth-order valence-corrected chi connectivity index (χ4v) is 2.43. The van der Waals surface area contributed by atoms with E-state index in [1.54, 1.807) is 7.11 Å². The Hall–Kier alpha value is -1.06. The standard InChI is InChI=1S/C15H24N2O/c1-13(12-16-17-8-3-4-9-17)10-14-6-5-7-15(11-14)18-2/h5-7,11,13,16H,3-4,8-10,12H2,1-2H3. The molecule has 100 valence electrons. The van der Waals surface area contributed by atoms with Gasteiger partial charge in [-0.25, -0.2) is 5.01 Å². The van der Waals surface area contributed by atoms with Crippen LogP contribution in [0.15, 0.2) is 24.3 Å². The van der Waals surface area contributed by atoms with Crippen LogP contribution in [-0.4, -0.2) is 31.8 Å². The van der Waals surface area contributed by atoms with E-state index in [-0.39, 0.29) is 0 Å². The molecule has 1 aromatic carbocycles. The van der Waals surface area contributed by atoms with E-state index < -0.39 is 0 Å². The Balaban J connectivity index is 1.76. The van der Waals surface area contributed by atoms with Gasteiger partial charge < -0.3 is 4.74 Å². The molecule has 1 aliphatic heterocycles. The Bertz CT molecular complexity index is 361. The molecule has 0 radical (unpaired) electrons. The van der Waals surface area contributed by atoms with E-state index >= 15 is 0 Å². The first kappa shape index (κ1) is 13.4. The SMILES string of the molecule is COc1cccc(CC(C)CNN2CCCC2)c1. The van der Waals surface area contributed by atoms with Crippen LogP contribution in [-0.2, 0) is 6.42 Å². The van der Waals surface area contributed by atoms with Gasteiger partial charge in [-0.3, -0.25) is 5.43 Å². The first-order chi connectivity index (χ1) is 8.78. The van der Waals surface area contributed by atoms with Crippen molar-refractivity contribution in [1.82, 2.24) is 10.4 Å². The van der Waals surface area contributed by atoms with Gasteiger partial charge in [-0.15, -0.1) is 0 Å². The fourth-order valence-electron chi connectivity index (χ4n) is 2.43. The third-order valence-corrected chi connectivity index (χ3v) is 3.49. The van der Waals surface area contributed by atoms with E-state index in [2.05, 4.69) is 35.6 Å². The lowest BCUT2D eigenvalue weighted by Gasteiger charge is -2.20. The molecular weight excluding hydrogens is 224 g/mol. The molecule has 1 unspecified atom stereocenters. The Morgan fingerprint density at radius 2 is 2.11 bits per heavy atom. The summed E-state index contributed by atoms with van der Waals surface area (Å²) in [7, 11) is 1.72. The number of ether oxygens (including phenoxy) is 1. The molecular formula is C15H24N2O. The molecule has 0 aliphatic carbocycles. The zero-order chi connectivity index (χ0) is 12.8. The van der Waals surface area contributed by atoms with Gasteiger partial charge in [-0.1, -0.05) is 19.1 Å². The van der Waals surface area contributed by atoms with Crippen molar-refractivity contribution >= 4 is 0 Å². The zero-order valence-electron chi connectivity index (χ0n) is 11.5. The first-order valence-corrected chi connectivity index (χ1v) is 6.89. The number of nitrogens with zero attached hydrogens (tertiary/aromatic N) is 1. The normalized spacial score (nSPS) is 17.9. The van der Waals surface area contributed by atoms with Gasteiger partial charge in [-0.05, 0) is 42.9 Å². The molecule has 0 spiro atoms. The summed E-state index contributed by atoms with van der Waals surface area (Å²) >= 11 is 0. The van der Waals surface area contributed by atoms with Crippen LogP contribution in [0.4, 0.5) is 0 Å². The van der Waals surface area contributed by atoms with Crippen LogP contribution in [0.3, 0.4) is 0 Å². The van der Waals surface area contributed by atoms with E-state index in [4.69, 9.17) is 4.74 Å². The highest BCUT2D eigenvalue weighted by Crippen LogP contribution is 2.16. The average Bonchev–Trinajstić information content (AvgIpc) is 2.90. The maximum Gasteiger partial charge on any atom is 0.119 e. The van der Waals surface area contributed by atoms with E-state index in [1.807, 2.05) is 6.07 Å². The summed E-state index contributed by atoms with van der Waals surface area (Å²) in [6.45, 7) is 5.75. The lowest BCUT2D eigenvalue weighted by Crippen LogP contribution is -2.38. The second kappa shape index (κ2) is 6.76. The van der Waals surface area contributed by atoms with Gasteiger partial charge in [0.25, 0.3) is 0 Å². The molecule has 3 heteroatoms. The number of nitrogens with one attached hydrogen (secondary N) is 1. The predicted octanol–water partition coefficient (Wildman–Crippen LogP) is 2.47. The molecule has 0 amide bonds. The van der Waals surface area contributed by atoms with Crippen LogP contribution in [0.2, 0.25) is 0 Å². The van der Waals surface area contributed by atoms with Gasteiger partial charge in [0, 0.05) is 19.6 Å². The van der Waals surface area contributed by atoms with Gasteiger partial charge in [0.05, 0.1) is 7.11 Å². The molecule has 0 aromatic heterocycles. The van der Waals surface area contributed by atoms with E-state index in [9.17, 15) is 0 Å². The summed E-state index contributed by atoms with van der Waals surface area (Å²) in [6.07, 6.45) is 3.76. The second-order valence-corrected chi connectivity index (χ2v) is 5.22. The summed E-state index contributed by atoms with van der Waals surface area (Å²) in [5, 5.41) is 2.35. The van der Waals surface area contributed by atoms with E-state index in [1.165, 1.54) is 31.5 Å². The molecule has 1 heterocycles. The molecule has 1 fully saturated rings. The van der Waals surface area contributed by atoms with Crippen molar-refractivity contribution in [2.24, 2.45) is 5.92 Å². The monoisotopic (exact) mass is 248 g/mol. The summed E-state index contributed by atoms with van der Waals surface area (Å²) in [5.74, 6) is 1.59. The second-order valence-electron chi connectivity index (χ2n) is 5.22. The fraction of sp³-hybridized carbons (Fsp3) is 0.600. The molecule has 1 aromatic rings. The van der Waals surface area contributed by atoms with Crippen LogP contribution in [0.1, 0.15) is 25.3 Å². The number of rotatable bonds is 6. The van der Waals surface area contributed by atoms with Crippen LogP contribution in [0, 0.1) is 5.92 Å². The predicted molar refractivity (Wildman–Crippen MR) is 74.7 cm³/mol. The van der Waals surface area contributed by atoms with Crippen molar-refractivity contribution in [3.05, 3.63) is 29.8 Å². The van der Waals surface area contributed by atoms with Crippen LogP contribution >= 0.6 is 0 Å². The third kappa shape index (κ3) is 4.00. The topological polar surface area (TPSA) is 24.5 Å². The van der Waals surface area contributed by atoms with E-state index in [0.717, 1.165) is 18.7 Å². The third-order valence-electron chi connectivity index (χ3n) is 3.49. The Labute approximate surface area is 110 Å². The minimum atomic E-state index is 0.637. The Morgan fingerprint density at radius 3 is 2.83 bits per heavy atom. The quantitative estimate of drug-likeness (QED) is 0.837. The smallest absolute Gasteiger partial charge is 0.119 e. The van der Waals surface area contributed by atoms with Gasteiger partial charge in [-0.2, -0.15) is 0 Å². The molecule has 0 saturated carbocycles. The summed E-state index contributed by atoms with van der Waals surface area (Å²) in [4.78, 5) is 0. The zero-order valence-corrected chi connectivity index (χ0v) is 11.5. The van der Waals surface area contributed by atoms with Crippen LogP contribution in [0.25, 0.3) is 0 Å². The lowest BCUT2D eigenvalue weighted by atomic mass is 10.0. The van der Waals surface area contributed by atoms with Crippen molar-refractivity contribution in [3.8, 4) is 5.75 Å². The number of hydrazine groups is 1. The van der Waals surface area contributed by atoms with Gasteiger partial charge >= 0.3 is 0 Å². The number of benzene rings is 1. The van der Waals surface area contributed by atoms with Crippen LogP contribution < -0.4 is 10.2 Å². The molecule has 1 atom stereocenters. The summed E-state index contributed by atoms with van der Waals surface area (Å²) in [5.41, 5.74) is 4.88. The minimum absolute atomic E-state index is 0.637. The van der Waals surface area contributed by atoms with Gasteiger partial charge in [0.15, 0.2) is 0 Å². The van der Waals surface area contributed by atoms with Gasteiger partial charge in [0.2, 0.25) is 0 Å². The molecule has 1 N–H and O–H groups in total. The molecule has 18 heavy (non-hydrogen) atoms. The molecule has 2 rings (SSSR count). The number of hydrogen-bond acceptors (Lipinski definition) is 3. The highest BCUT2D eigenvalue weighted by molar-refractivity contribution is 5.28. The maximum absolute atomic E-state index is 5.25. The van der Waals surface area contributed by atoms with Crippen molar-refractivity contribution in [1.29, 1.82) is 0 Å². The highest BCUT2D eigenvalue weighted by Gasteiger charge is 2.12. The van der Waals surface area contributed by atoms with E-state index in [0.29, 0.717) is 5.92 Å². The Morgan fingerprint density at radius 1 is 1.33 bits per heavy atom. The largest absolute Gasteiger partial charge is 0.497 e.